The minimum atomic E-state index is -3.52. The van der Waals surface area contributed by atoms with Crippen molar-refractivity contribution in [2.75, 3.05) is 6.26 Å². The molecule has 0 aliphatic heterocycles. The number of ether oxygens (including phenoxy) is 1. The molecule has 6 heteroatoms. The second kappa shape index (κ2) is 6.26. The molecule has 0 bridgehead atoms. The molecule has 1 aromatic rings. The lowest BCUT2D eigenvalue weighted by atomic mass is 9.92. The smallest absolute Gasteiger partial charge is 0.306 e. The van der Waals surface area contributed by atoms with E-state index in [4.69, 9.17) is 8.92 Å². The first-order chi connectivity index (χ1) is 9.05. The van der Waals surface area contributed by atoms with Crippen LogP contribution in [-0.4, -0.2) is 20.6 Å². The Kier molecular flexibility index (Phi) is 5.16. The molecule has 0 aliphatic rings. The minimum Gasteiger partial charge on any atom is -0.461 e. The van der Waals surface area contributed by atoms with Crippen LogP contribution in [0.4, 0.5) is 0 Å². The average Bonchev–Trinajstić information content (AvgIpc) is 2.23. The Morgan fingerprint density at radius 3 is 2.15 bits per heavy atom. The van der Waals surface area contributed by atoms with Crippen LogP contribution >= 0.6 is 0 Å². The van der Waals surface area contributed by atoms with Crippen LogP contribution in [0.15, 0.2) is 24.3 Å². The van der Waals surface area contributed by atoms with Crippen molar-refractivity contribution in [3.63, 3.8) is 0 Å². The maximum Gasteiger partial charge on any atom is 0.306 e. The van der Waals surface area contributed by atoms with Gasteiger partial charge >= 0.3 is 16.1 Å². The van der Waals surface area contributed by atoms with E-state index in [1.165, 1.54) is 12.1 Å². The predicted molar refractivity (Wildman–Crippen MR) is 75.8 cm³/mol. The van der Waals surface area contributed by atoms with Crippen LogP contribution in [0.1, 0.15) is 32.8 Å². The summed E-state index contributed by atoms with van der Waals surface area (Å²) in [6.07, 6.45) is 1.33. The van der Waals surface area contributed by atoms with Crippen LogP contribution in [0.2, 0.25) is 0 Å². The monoisotopic (exact) mass is 300 g/mol. The van der Waals surface area contributed by atoms with Gasteiger partial charge in [-0.2, -0.15) is 8.42 Å². The molecule has 20 heavy (non-hydrogen) atoms. The van der Waals surface area contributed by atoms with E-state index in [0.717, 1.165) is 11.8 Å². The number of esters is 1. The Morgan fingerprint density at radius 1 is 1.15 bits per heavy atom. The molecule has 0 aromatic heterocycles. The molecule has 0 atom stereocenters. The van der Waals surface area contributed by atoms with Crippen molar-refractivity contribution < 1.29 is 22.1 Å². The van der Waals surface area contributed by atoms with E-state index < -0.39 is 10.1 Å². The molecule has 0 N–H and O–H groups in total. The van der Waals surface area contributed by atoms with Crippen molar-refractivity contribution in [2.24, 2.45) is 5.41 Å². The number of hydrogen-bond donors (Lipinski definition) is 0. The number of hydrogen-bond acceptors (Lipinski definition) is 5. The highest BCUT2D eigenvalue weighted by Crippen LogP contribution is 2.20. The molecule has 1 aromatic carbocycles. The summed E-state index contributed by atoms with van der Waals surface area (Å²) in [5.41, 5.74) is 0.665. The largest absolute Gasteiger partial charge is 0.461 e. The molecule has 0 fully saturated rings. The molecular formula is C14H20O5S. The number of carbonyl (C=O) groups excluding carboxylic acids is 1. The van der Waals surface area contributed by atoms with Gasteiger partial charge < -0.3 is 8.92 Å². The van der Waals surface area contributed by atoms with Gasteiger partial charge in [0.2, 0.25) is 0 Å². The zero-order chi connectivity index (χ0) is 15.4. The first-order valence-corrected chi connectivity index (χ1v) is 8.01. The van der Waals surface area contributed by atoms with E-state index in [0.29, 0.717) is 6.42 Å². The summed E-state index contributed by atoms with van der Waals surface area (Å²) in [6.45, 7) is 6.05. The minimum absolute atomic E-state index is 0.107. The Labute approximate surface area is 120 Å². The van der Waals surface area contributed by atoms with Crippen LogP contribution < -0.4 is 4.18 Å². The van der Waals surface area contributed by atoms with Crippen LogP contribution in [0.25, 0.3) is 0 Å². The maximum absolute atomic E-state index is 11.6. The first-order valence-electron chi connectivity index (χ1n) is 6.19. The van der Waals surface area contributed by atoms with Gasteiger partial charge in [0, 0.05) is 0 Å². The average molecular weight is 300 g/mol. The van der Waals surface area contributed by atoms with Crippen LogP contribution in [0.3, 0.4) is 0 Å². The lowest BCUT2D eigenvalue weighted by Gasteiger charge is -2.16. The fourth-order valence-corrected chi connectivity index (χ4v) is 1.92. The van der Waals surface area contributed by atoms with Gasteiger partial charge in [0.15, 0.2) is 0 Å². The summed E-state index contributed by atoms with van der Waals surface area (Å²) in [5.74, 6) is -0.0220. The molecule has 0 spiro atoms. The lowest BCUT2D eigenvalue weighted by molar-refractivity contribution is -0.147. The highest BCUT2D eigenvalue weighted by atomic mass is 32.2. The number of carbonyl (C=O) groups is 1. The van der Waals surface area contributed by atoms with Gasteiger partial charge in [0.1, 0.15) is 12.4 Å². The van der Waals surface area contributed by atoms with Gasteiger partial charge in [-0.3, -0.25) is 4.79 Å². The molecule has 0 amide bonds. The molecule has 112 valence electrons. The van der Waals surface area contributed by atoms with E-state index in [2.05, 4.69) is 0 Å². The summed E-state index contributed by atoms with van der Waals surface area (Å²) in [7, 11) is -3.52. The van der Waals surface area contributed by atoms with Crippen LogP contribution in [0.5, 0.6) is 5.75 Å². The van der Waals surface area contributed by atoms with Crippen molar-refractivity contribution in [1.82, 2.24) is 0 Å². The topological polar surface area (TPSA) is 69.7 Å². The van der Waals surface area contributed by atoms with Crippen LogP contribution in [0, 0.1) is 5.41 Å². The van der Waals surface area contributed by atoms with Crippen molar-refractivity contribution >= 4 is 16.1 Å². The van der Waals surface area contributed by atoms with E-state index in [-0.39, 0.29) is 23.7 Å². The highest BCUT2D eigenvalue weighted by molar-refractivity contribution is 7.86. The molecule has 1 rings (SSSR count). The molecular weight excluding hydrogens is 280 g/mol. The summed E-state index contributed by atoms with van der Waals surface area (Å²) < 4.78 is 31.7. The fourth-order valence-electron chi connectivity index (χ4n) is 1.46. The molecule has 0 aliphatic carbocycles. The third-order valence-corrected chi connectivity index (χ3v) is 2.74. The zero-order valence-electron chi connectivity index (χ0n) is 12.2. The summed E-state index contributed by atoms with van der Waals surface area (Å²) in [6, 6.07) is 6.36. The van der Waals surface area contributed by atoms with Gasteiger partial charge in [-0.05, 0) is 23.1 Å². The third kappa shape index (κ3) is 7.13. The molecule has 0 saturated heterocycles. The third-order valence-electron chi connectivity index (χ3n) is 2.25. The predicted octanol–water partition coefficient (Wildman–Crippen LogP) is 2.50. The Morgan fingerprint density at radius 2 is 1.70 bits per heavy atom. The van der Waals surface area contributed by atoms with E-state index in [1.54, 1.807) is 12.1 Å². The maximum atomic E-state index is 11.6. The summed E-state index contributed by atoms with van der Waals surface area (Å²) in [4.78, 5) is 11.6. The molecule has 0 unspecified atom stereocenters. The number of rotatable bonds is 5. The summed E-state index contributed by atoms with van der Waals surface area (Å²) in [5, 5.41) is 0. The van der Waals surface area contributed by atoms with Crippen molar-refractivity contribution in [3.8, 4) is 5.75 Å². The summed E-state index contributed by atoms with van der Waals surface area (Å²) >= 11 is 0. The normalized spacial score (nSPS) is 12.0. The van der Waals surface area contributed by atoms with Gasteiger partial charge in [-0.25, -0.2) is 0 Å². The highest BCUT2D eigenvalue weighted by Gasteiger charge is 2.17. The second-order valence-corrected chi connectivity index (χ2v) is 7.40. The Bertz CT molecular complexity index is 552. The lowest BCUT2D eigenvalue weighted by Crippen LogP contribution is -2.15. The van der Waals surface area contributed by atoms with E-state index in [1.807, 2.05) is 20.8 Å². The van der Waals surface area contributed by atoms with Gasteiger partial charge in [-0.1, -0.05) is 32.9 Å². The van der Waals surface area contributed by atoms with Gasteiger partial charge in [0.25, 0.3) is 0 Å². The molecule has 0 radical (unpaired) electrons. The standard InChI is InChI=1S/C14H20O5S/c1-14(2,3)9-13(15)18-10-11-5-7-12(8-6-11)19-20(4,16)17/h5-8H,9-10H2,1-4H3. The van der Waals surface area contributed by atoms with Crippen molar-refractivity contribution in [3.05, 3.63) is 29.8 Å². The zero-order valence-corrected chi connectivity index (χ0v) is 13.0. The fraction of sp³-hybridized carbons (Fsp3) is 0.500. The Balaban J connectivity index is 2.52. The van der Waals surface area contributed by atoms with Crippen molar-refractivity contribution in [2.45, 2.75) is 33.8 Å². The molecule has 0 heterocycles. The molecule has 0 saturated carbocycles. The molecule has 5 nitrogen and oxygen atoms in total. The van der Waals surface area contributed by atoms with Crippen molar-refractivity contribution in [1.29, 1.82) is 0 Å². The van der Waals surface area contributed by atoms with Gasteiger partial charge in [-0.15, -0.1) is 0 Å². The Hall–Kier alpha value is -1.56. The van der Waals surface area contributed by atoms with Crippen LogP contribution in [-0.2, 0) is 26.3 Å². The van der Waals surface area contributed by atoms with E-state index >= 15 is 0 Å². The van der Waals surface area contributed by atoms with Gasteiger partial charge in [0.05, 0.1) is 12.7 Å². The second-order valence-electron chi connectivity index (χ2n) is 5.83. The SMILES string of the molecule is CC(C)(C)CC(=O)OCc1ccc(OS(C)(=O)=O)cc1. The number of benzene rings is 1. The first kappa shape index (κ1) is 16.5. The van der Waals surface area contributed by atoms with E-state index in [9.17, 15) is 13.2 Å². The quantitative estimate of drug-likeness (QED) is 0.617.